The van der Waals surface area contributed by atoms with Crippen LogP contribution >= 0.6 is 0 Å². The lowest BCUT2D eigenvalue weighted by atomic mass is 10.0. The highest BCUT2D eigenvalue weighted by Crippen LogP contribution is 2.18. The van der Waals surface area contributed by atoms with Crippen molar-refractivity contribution in [3.63, 3.8) is 0 Å². The lowest BCUT2D eigenvalue weighted by molar-refractivity contribution is 0.166. The van der Waals surface area contributed by atoms with Crippen molar-refractivity contribution in [2.75, 3.05) is 0 Å². The molecule has 1 rings (SSSR count). The summed E-state index contributed by atoms with van der Waals surface area (Å²) in [5.41, 5.74) is 2.25. The van der Waals surface area contributed by atoms with Gasteiger partial charge in [0.1, 0.15) is 0 Å². The van der Waals surface area contributed by atoms with Crippen LogP contribution in [0, 0.1) is 6.92 Å². The highest BCUT2D eigenvalue weighted by Gasteiger charge is 2.04. The highest BCUT2D eigenvalue weighted by atomic mass is 16.3. The Hall–Kier alpha value is -0.820. The fraction of sp³-hybridized carbons (Fsp3) is 0.455. The molecular formula is C11H16O. The second-order valence-electron chi connectivity index (χ2n) is 3.22. The molecule has 0 aromatic heterocycles. The summed E-state index contributed by atoms with van der Waals surface area (Å²) in [6.07, 6.45) is 1.59. The van der Waals surface area contributed by atoms with Gasteiger partial charge in [0.15, 0.2) is 0 Å². The first-order valence-corrected chi connectivity index (χ1v) is 4.48. The van der Waals surface area contributed by atoms with E-state index in [4.69, 9.17) is 0 Å². The van der Waals surface area contributed by atoms with Gasteiger partial charge >= 0.3 is 0 Å². The molecule has 12 heavy (non-hydrogen) atoms. The maximum atomic E-state index is 9.64. The molecule has 0 spiro atoms. The van der Waals surface area contributed by atoms with Crippen molar-refractivity contribution in [2.24, 2.45) is 0 Å². The van der Waals surface area contributed by atoms with Crippen LogP contribution in [0.15, 0.2) is 24.3 Å². The van der Waals surface area contributed by atoms with E-state index in [2.05, 4.69) is 6.92 Å². The quantitative estimate of drug-likeness (QED) is 0.728. The number of rotatable bonds is 3. The minimum Gasteiger partial charge on any atom is -0.388 e. The summed E-state index contributed by atoms with van der Waals surface area (Å²) in [4.78, 5) is 0. The van der Waals surface area contributed by atoms with Crippen LogP contribution in [-0.2, 0) is 0 Å². The van der Waals surface area contributed by atoms with Gasteiger partial charge in [0.2, 0.25) is 0 Å². The molecule has 1 atom stereocenters. The number of hydrogen-bond donors (Lipinski definition) is 1. The Morgan fingerprint density at radius 3 is 2.75 bits per heavy atom. The molecule has 0 saturated carbocycles. The molecule has 0 unspecified atom stereocenters. The van der Waals surface area contributed by atoms with Crippen LogP contribution < -0.4 is 0 Å². The molecule has 0 bridgehead atoms. The van der Waals surface area contributed by atoms with Crippen LogP contribution in [0.5, 0.6) is 0 Å². The van der Waals surface area contributed by atoms with Gasteiger partial charge in [0.05, 0.1) is 6.10 Å². The average molecular weight is 164 g/mol. The smallest absolute Gasteiger partial charge is 0.0790 e. The summed E-state index contributed by atoms with van der Waals surface area (Å²) in [5.74, 6) is 0. The molecule has 0 radical (unpaired) electrons. The van der Waals surface area contributed by atoms with E-state index in [0.717, 1.165) is 18.4 Å². The Morgan fingerprint density at radius 2 is 2.17 bits per heavy atom. The Kier molecular flexibility index (Phi) is 3.30. The third-order valence-electron chi connectivity index (χ3n) is 1.99. The van der Waals surface area contributed by atoms with E-state index in [-0.39, 0.29) is 6.10 Å². The lowest BCUT2D eigenvalue weighted by Crippen LogP contribution is -1.96. The van der Waals surface area contributed by atoms with Gasteiger partial charge in [-0.1, -0.05) is 43.2 Å². The van der Waals surface area contributed by atoms with Gasteiger partial charge in [-0.05, 0) is 18.9 Å². The van der Waals surface area contributed by atoms with Crippen molar-refractivity contribution >= 4 is 0 Å². The number of aliphatic hydroxyl groups excluding tert-OH is 1. The average Bonchev–Trinajstić information content (AvgIpc) is 2.05. The van der Waals surface area contributed by atoms with Gasteiger partial charge < -0.3 is 5.11 Å². The van der Waals surface area contributed by atoms with Gasteiger partial charge in [-0.3, -0.25) is 0 Å². The van der Waals surface area contributed by atoms with Crippen LogP contribution in [-0.4, -0.2) is 5.11 Å². The summed E-state index contributed by atoms with van der Waals surface area (Å²) in [6.45, 7) is 4.13. The van der Waals surface area contributed by atoms with Crippen LogP contribution in [0.3, 0.4) is 0 Å². The van der Waals surface area contributed by atoms with E-state index < -0.39 is 0 Å². The fourth-order valence-electron chi connectivity index (χ4n) is 1.32. The van der Waals surface area contributed by atoms with Gasteiger partial charge in [-0.25, -0.2) is 0 Å². The minimum absolute atomic E-state index is 0.283. The standard InChI is InChI=1S/C11H16O/c1-3-5-11(12)10-7-4-6-9(2)8-10/h4,6-8,11-12H,3,5H2,1-2H3/t11-/m0/s1. The first-order valence-electron chi connectivity index (χ1n) is 4.48. The molecule has 0 amide bonds. The Bertz CT molecular complexity index is 243. The van der Waals surface area contributed by atoms with Crippen molar-refractivity contribution in [2.45, 2.75) is 32.8 Å². The summed E-state index contributed by atoms with van der Waals surface area (Å²) in [5, 5.41) is 9.64. The van der Waals surface area contributed by atoms with E-state index in [9.17, 15) is 5.11 Å². The Morgan fingerprint density at radius 1 is 1.42 bits per heavy atom. The normalized spacial score (nSPS) is 12.9. The summed E-state index contributed by atoms with van der Waals surface area (Å²) in [7, 11) is 0. The SMILES string of the molecule is CCC[C@H](O)c1cccc(C)c1. The third-order valence-corrected chi connectivity index (χ3v) is 1.99. The zero-order chi connectivity index (χ0) is 8.97. The van der Waals surface area contributed by atoms with Crippen LogP contribution in [0.1, 0.15) is 37.0 Å². The highest BCUT2D eigenvalue weighted by molar-refractivity contribution is 5.23. The molecule has 0 heterocycles. The Balaban J connectivity index is 2.73. The molecule has 0 aliphatic carbocycles. The van der Waals surface area contributed by atoms with Gasteiger partial charge in [-0.2, -0.15) is 0 Å². The van der Waals surface area contributed by atoms with Crippen molar-refractivity contribution in [3.8, 4) is 0 Å². The minimum atomic E-state index is -0.283. The third kappa shape index (κ3) is 2.35. The molecule has 1 aromatic rings. The van der Waals surface area contributed by atoms with Crippen LogP contribution in [0.2, 0.25) is 0 Å². The van der Waals surface area contributed by atoms with E-state index >= 15 is 0 Å². The predicted octanol–water partition coefficient (Wildman–Crippen LogP) is 2.83. The van der Waals surface area contributed by atoms with Crippen molar-refractivity contribution in [1.82, 2.24) is 0 Å². The van der Waals surface area contributed by atoms with Crippen LogP contribution in [0.25, 0.3) is 0 Å². The van der Waals surface area contributed by atoms with Crippen LogP contribution in [0.4, 0.5) is 0 Å². The lowest BCUT2D eigenvalue weighted by Gasteiger charge is -2.09. The van der Waals surface area contributed by atoms with Gasteiger partial charge in [-0.15, -0.1) is 0 Å². The van der Waals surface area contributed by atoms with E-state index in [0.29, 0.717) is 0 Å². The zero-order valence-electron chi connectivity index (χ0n) is 7.75. The number of aryl methyl sites for hydroxylation is 1. The molecule has 0 saturated heterocycles. The second-order valence-corrected chi connectivity index (χ2v) is 3.22. The Labute approximate surface area is 74.1 Å². The number of benzene rings is 1. The number of hydrogen-bond acceptors (Lipinski definition) is 1. The molecule has 0 fully saturated rings. The molecule has 0 aliphatic rings. The topological polar surface area (TPSA) is 20.2 Å². The summed E-state index contributed by atoms with van der Waals surface area (Å²) >= 11 is 0. The summed E-state index contributed by atoms with van der Waals surface area (Å²) < 4.78 is 0. The maximum absolute atomic E-state index is 9.64. The zero-order valence-corrected chi connectivity index (χ0v) is 7.75. The molecule has 1 N–H and O–H groups in total. The molecule has 66 valence electrons. The van der Waals surface area contributed by atoms with Crippen molar-refractivity contribution in [3.05, 3.63) is 35.4 Å². The second kappa shape index (κ2) is 4.27. The molecule has 1 nitrogen and oxygen atoms in total. The van der Waals surface area contributed by atoms with E-state index in [1.54, 1.807) is 0 Å². The van der Waals surface area contributed by atoms with Gasteiger partial charge in [0, 0.05) is 0 Å². The first kappa shape index (κ1) is 9.27. The monoisotopic (exact) mass is 164 g/mol. The summed E-state index contributed by atoms with van der Waals surface area (Å²) in [6, 6.07) is 8.05. The van der Waals surface area contributed by atoms with Crippen molar-refractivity contribution < 1.29 is 5.11 Å². The fourth-order valence-corrected chi connectivity index (χ4v) is 1.32. The van der Waals surface area contributed by atoms with Gasteiger partial charge in [0.25, 0.3) is 0 Å². The number of aliphatic hydroxyl groups is 1. The van der Waals surface area contributed by atoms with Crippen molar-refractivity contribution in [1.29, 1.82) is 0 Å². The maximum Gasteiger partial charge on any atom is 0.0790 e. The van der Waals surface area contributed by atoms with E-state index in [1.807, 2.05) is 31.2 Å². The molecule has 1 aromatic carbocycles. The largest absolute Gasteiger partial charge is 0.388 e. The molecule has 0 aliphatic heterocycles. The predicted molar refractivity (Wildman–Crippen MR) is 51.0 cm³/mol. The first-order chi connectivity index (χ1) is 5.74. The van der Waals surface area contributed by atoms with E-state index in [1.165, 1.54) is 5.56 Å². The molecular weight excluding hydrogens is 148 g/mol. The molecule has 1 heteroatoms.